The smallest absolute Gasteiger partial charge is 0.411 e. The highest BCUT2D eigenvalue weighted by Crippen LogP contribution is 2.27. The first kappa shape index (κ1) is 22.1. The highest BCUT2D eigenvalue weighted by molar-refractivity contribution is 5.80. The van der Waals surface area contributed by atoms with Gasteiger partial charge in [0.15, 0.2) is 0 Å². The number of likely N-dealkylation sites (tertiary alicyclic amines) is 1. The van der Waals surface area contributed by atoms with Crippen LogP contribution in [0.5, 0.6) is 0 Å². The molecule has 1 aliphatic rings. The number of rotatable bonds is 4. The molecule has 0 radical (unpaired) electrons. The zero-order valence-electron chi connectivity index (χ0n) is 16.6. The third kappa shape index (κ3) is 7.93. The molecule has 0 saturated carbocycles. The number of nitrogens with one attached hydrogen (secondary N) is 1. The molecule has 2 N–H and O–H groups in total. The first-order valence-corrected chi connectivity index (χ1v) is 8.98. The molecule has 0 spiro atoms. The molecule has 1 heterocycles. The minimum Gasteiger partial charge on any atom is -0.480 e. The molecule has 0 aromatic carbocycles. The van der Waals surface area contributed by atoms with E-state index in [2.05, 4.69) is 5.32 Å². The number of carbonyl (C=O) groups excluding carboxylic acids is 2. The normalized spacial score (nSPS) is 21.1. The summed E-state index contributed by atoms with van der Waals surface area (Å²) >= 11 is 0. The molecular formula is C18H32N2O6. The summed E-state index contributed by atoms with van der Waals surface area (Å²) in [5.41, 5.74) is -1.23. The van der Waals surface area contributed by atoms with E-state index < -0.39 is 35.4 Å². The zero-order chi connectivity index (χ0) is 20.1. The van der Waals surface area contributed by atoms with Crippen molar-refractivity contribution in [2.24, 2.45) is 5.92 Å². The standard InChI is InChI=1S/C18H32N2O6/c1-17(2,3)25-15(23)19-9-7-12-8-10-20(13(11-12)14(21)22)16(24)26-18(4,5)6/h12-13H,7-11H2,1-6H3,(H,19,23)(H,21,22)/t12-,13-/m1/s1. The lowest BCUT2D eigenvalue weighted by molar-refractivity contribution is -0.145. The molecule has 0 unspecified atom stereocenters. The molecule has 0 bridgehead atoms. The van der Waals surface area contributed by atoms with E-state index in [4.69, 9.17) is 9.47 Å². The van der Waals surface area contributed by atoms with Gasteiger partial charge in [-0.25, -0.2) is 14.4 Å². The summed E-state index contributed by atoms with van der Waals surface area (Å²) in [6, 6.07) is -0.912. The van der Waals surface area contributed by atoms with Gasteiger partial charge in [-0.3, -0.25) is 4.90 Å². The third-order valence-electron chi connectivity index (χ3n) is 3.84. The van der Waals surface area contributed by atoms with Crippen LogP contribution in [0.1, 0.15) is 60.8 Å². The second-order valence-electron chi connectivity index (χ2n) is 8.64. The molecule has 1 rings (SSSR count). The van der Waals surface area contributed by atoms with Gasteiger partial charge in [0.05, 0.1) is 0 Å². The lowest BCUT2D eigenvalue weighted by Gasteiger charge is -2.37. The maximum Gasteiger partial charge on any atom is 0.411 e. The van der Waals surface area contributed by atoms with Crippen molar-refractivity contribution < 1.29 is 29.0 Å². The first-order valence-electron chi connectivity index (χ1n) is 8.98. The Kier molecular flexibility index (Phi) is 7.29. The SMILES string of the molecule is CC(C)(C)OC(=O)NCC[C@@H]1CCN(C(=O)OC(C)(C)C)[C@@H](C(=O)O)C1. The highest BCUT2D eigenvalue weighted by atomic mass is 16.6. The van der Waals surface area contributed by atoms with Crippen molar-refractivity contribution in [2.75, 3.05) is 13.1 Å². The number of nitrogens with zero attached hydrogens (tertiary/aromatic N) is 1. The molecule has 2 amide bonds. The number of hydrogen-bond acceptors (Lipinski definition) is 5. The van der Waals surface area contributed by atoms with Crippen LogP contribution in [0.25, 0.3) is 0 Å². The fourth-order valence-corrected chi connectivity index (χ4v) is 2.77. The van der Waals surface area contributed by atoms with Crippen LogP contribution in [0.2, 0.25) is 0 Å². The third-order valence-corrected chi connectivity index (χ3v) is 3.84. The van der Waals surface area contributed by atoms with E-state index in [9.17, 15) is 19.5 Å². The van der Waals surface area contributed by atoms with Crippen molar-refractivity contribution in [1.82, 2.24) is 10.2 Å². The van der Waals surface area contributed by atoms with Crippen LogP contribution in [0.4, 0.5) is 9.59 Å². The van der Waals surface area contributed by atoms with Gasteiger partial charge in [0.2, 0.25) is 0 Å². The summed E-state index contributed by atoms with van der Waals surface area (Å²) in [6.45, 7) is 11.3. The maximum atomic E-state index is 12.2. The second kappa shape index (κ2) is 8.60. The monoisotopic (exact) mass is 372 g/mol. The number of hydrogen-bond donors (Lipinski definition) is 2. The minimum absolute atomic E-state index is 0.102. The molecule has 8 heteroatoms. The lowest BCUT2D eigenvalue weighted by Crippen LogP contribution is -2.51. The van der Waals surface area contributed by atoms with Crippen molar-refractivity contribution in [3.8, 4) is 0 Å². The van der Waals surface area contributed by atoms with Crippen molar-refractivity contribution >= 4 is 18.2 Å². The summed E-state index contributed by atoms with van der Waals surface area (Å²) in [6.07, 6.45) is 0.545. The number of carboxylic acid groups (broad SMARTS) is 1. The van der Waals surface area contributed by atoms with Gasteiger partial charge in [0, 0.05) is 13.1 Å². The highest BCUT2D eigenvalue weighted by Gasteiger charge is 2.38. The van der Waals surface area contributed by atoms with Gasteiger partial charge >= 0.3 is 18.2 Å². The lowest BCUT2D eigenvalue weighted by atomic mass is 9.88. The van der Waals surface area contributed by atoms with Crippen LogP contribution < -0.4 is 5.32 Å². The summed E-state index contributed by atoms with van der Waals surface area (Å²) in [4.78, 5) is 36.8. The van der Waals surface area contributed by atoms with E-state index in [0.717, 1.165) is 0 Å². The number of alkyl carbamates (subject to hydrolysis) is 1. The van der Waals surface area contributed by atoms with E-state index >= 15 is 0 Å². The number of amides is 2. The maximum absolute atomic E-state index is 12.2. The first-order chi connectivity index (χ1) is 11.8. The van der Waals surface area contributed by atoms with Crippen molar-refractivity contribution in [2.45, 2.75) is 78.0 Å². The topological polar surface area (TPSA) is 105 Å². The average Bonchev–Trinajstić information content (AvgIpc) is 2.43. The van der Waals surface area contributed by atoms with Gasteiger partial charge in [-0.1, -0.05) is 0 Å². The molecule has 0 aromatic rings. The molecule has 150 valence electrons. The Morgan fingerprint density at radius 1 is 1.08 bits per heavy atom. The Bertz CT molecular complexity index is 519. The molecule has 2 atom stereocenters. The molecule has 0 aromatic heterocycles. The van der Waals surface area contributed by atoms with Crippen LogP contribution in [0.15, 0.2) is 0 Å². The quantitative estimate of drug-likeness (QED) is 0.786. The molecule has 1 aliphatic heterocycles. The Hall–Kier alpha value is -1.99. The summed E-state index contributed by atoms with van der Waals surface area (Å²) in [5.74, 6) is -0.939. The predicted octanol–water partition coefficient (Wildman–Crippen LogP) is 3.00. The fourth-order valence-electron chi connectivity index (χ4n) is 2.77. The largest absolute Gasteiger partial charge is 0.480 e. The van der Waals surface area contributed by atoms with Crippen molar-refractivity contribution in [3.63, 3.8) is 0 Å². The Labute approximate surface area is 155 Å². The van der Waals surface area contributed by atoms with Gasteiger partial charge in [0.25, 0.3) is 0 Å². The Morgan fingerprint density at radius 3 is 2.15 bits per heavy atom. The van der Waals surface area contributed by atoms with Crippen LogP contribution in [0, 0.1) is 5.92 Å². The van der Waals surface area contributed by atoms with Crippen molar-refractivity contribution in [1.29, 1.82) is 0 Å². The number of ether oxygens (including phenoxy) is 2. The molecule has 26 heavy (non-hydrogen) atoms. The molecule has 8 nitrogen and oxygen atoms in total. The van der Waals surface area contributed by atoms with Crippen LogP contribution in [-0.4, -0.2) is 58.5 Å². The molecular weight excluding hydrogens is 340 g/mol. The van der Waals surface area contributed by atoms with E-state index in [1.165, 1.54) is 4.90 Å². The van der Waals surface area contributed by atoms with Gasteiger partial charge in [-0.15, -0.1) is 0 Å². The molecule has 1 saturated heterocycles. The number of carbonyl (C=O) groups is 3. The van der Waals surface area contributed by atoms with Gasteiger partial charge in [0.1, 0.15) is 17.2 Å². The zero-order valence-corrected chi connectivity index (χ0v) is 16.6. The van der Waals surface area contributed by atoms with Crippen LogP contribution >= 0.6 is 0 Å². The molecule has 0 aliphatic carbocycles. The minimum atomic E-state index is -1.04. The summed E-state index contributed by atoms with van der Waals surface area (Å²) in [5, 5.41) is 12.2. The van der Waals surface area contributed by atoms with Crippen molar-refractivity contribution in [3.05, 3.63) is 0 Å². The average molecular weight is 372 g/mol. The second-order valence-corrected chi connectivity index (χ2v) is 8.64. The molecule has 1 fully saturated rings. The number of carboxylic acids is 1. The van der Waals surface area contributed by atoms with Crippen LogP contribution in [0.3, 0.4) is 0 Å². The van der Waals surface area contributed by atoms with Gasteiger partial charge in [-0.05, 0) is 66.7 Å². The fraction of sp³-hybridized carbons (Fsp3) is 0.833. The number of piperidine rings is 1. The van der Waals surface area contributed by atoms with E-state index in [1.54, 1.807) is 41.5 Å². The van der Waals surface area contributed by atoms with Gasteiger partial charge < -0.3 is 19.9 Å². The Morgan fingerprint density at radius 2 is 1.65 bits per heavy atom. The van der Waals surface area contributed by atoms with E-state index in [-0.39, 0.29) is 5.92 Å². The number of aliphatic carboxylic acids is 1. The van der Waals surface area contributed by atoms with E-state index in [0.29, 0.717) is 32.4 Å². The predicted molar refractivity (Wildman–Crippen MR) is 95.9 cm³/mol. The summed E-state index contributed by atoms with van der Waals surface area (Å²) < 4.78 is 10.5. The summed E-state index contributed by atoms with van der Waals surface area (Å²) in [7, 11) is 0. The van der Waals surface area contributed by atoms with Gasteiger partial charge in [-0.2, -0.15) is 0 Å². The Balaban J connectivity index is 2.53. The van der Waals surface area contributed by atoms with Crippen LogP contribution in [-0.2, 0) is 14.3 Å². The van der Waals surface area contributed by atoms with E-state index in [1.807, 2.05) is 0 Å².